The summed E-state index contributed by atoms with van der Waals surface area (Å²) in [5.41, 5.74) is 0. The third kappa shape index (κ3) is 4.77. The fraction of sp³-hybridized carbons (Fsp3) is 0.583. The second-order valence-corrected chi connectivity index (χ2v) is 8.66. The molecule has 0 aliphatic rings. The quantitative estimate of drug-likeness (QED) is 0.556. The van der Waals surface area contributed by atoms with Crippen molar-refractivity contribution in [2.24, 2.45) is 0 Å². The van der Waals surface area contributed by atoms with E-state index in [4.69, 9.17) is 0 Å². The smallest absolute Gasteiger partial charge is 0.243 e. The van der Waals surface area contributed by atoms with Gasteiger partial charge in [0, 0.05) is 18.4 Å². The van der Waals surface area contributed by atoms with E-state index in [1.54, 1.807) is 0 Å². The van der Waals surface area contributed by atoms with E-state index in [1.807, 2.05) is 13.8 Å². The third-order valence-corrected chi connectivity index (χ3v) is 6.28. The maximum atomic E-state index is 12.0. The summed E-state index contributed by atoms with van der Waals surface area (Å²) < 4.78 is 53.3. The molecule has 3 N–H and O–H groups in total. The van der Waals surface area contributed by atoms with Crippen LogP contribution in [-0.4, -0.2) is 47.4 Å². The largest absolute Gasteiger partial charge is 0.352 e. The van der Waals surface area contributed by atoms with Gasteiger partial charge in [0.25, 0.3) is 0 Å². The molecule has 0 unspecified atom stereocenters. The van der Waals surface area contributed by atoms with Gasteiger partial charge in [0.2, 0.25) is 26.0 Å². The Balaban J connectivity index is 3.24. The molecule has 132 valence electrons. The molecule has 0 saturated heterocycles. The zero-order valence-electron chi connectivity index (χ0n) is 13.5. The average Bonchev–Trinajstić information content (AvgIpc) is 2.92. The zero-order chi connectivity index (χ0) is 17.8. The lowest BCUT2D eigenvalue weighted by molar-refractivity contribution is -0.122. The topological polar surface area (TPSA) is 126 Å². The van der Waals surface area contributed by atoms with Gasteiger partial charge in [-0.25, -0.2) is 26.3 Å². The molecule has 1 heterocycles. The minimum Gasteiger partial charge on any atom is -0.352 e. The van der Waals surface area contributed by atoms with Crippen LogP contribution in [0.4, 0.5) is 0 Å². The van der Waals surface area contributed by atoms with Gasteiger partial charge in [-0.05, 0) is 27.4 Å². The minimum absolute atomic E-state index is 0.0286. The van der Waals surface area contributed by atoms with Crippen molar-refractivity contribution in [2.75, 3.05) is 14.1 Å². The molecule has 0 radical (unpaired) electrons. The lowest BCUT2D eigenvalue weighted by atomic mass is 10.2. The SMILES string of the molecule is CC[C@@H](C)NC(=O)Cn1cc(S(=O)(=O)NC)c(S(=O)(=O)NC)c1. The van der Waals surface area contributed by atoms with Crippen molar-refractivity contribution in [2.45, 2.75) is 42.6 Å². The van der Waals surface area contributed by atoms with Gasteiger partial charge in [0.15, 0.2) is 0 Å². The van der Waals surface area contributed by atoms with Gasteiger partial charge in [-0.3, -0.25) is 4.79 Å². The van der Waals surface area contributed by atoms with E-state index in [0.717, 1.165) is 18.8 Å². The van der Waals surface area contributed by atoms with E-state index in [0.29, 0.717) is 0 Å². The first-order valence-electron chi connectivity index (χ1n) is 6.93. The highest BCUT2D eigenvalue weighted by molar-refractivity contribution is 7.92. The fourth-order valence-electron chi connectivity index (χ4n) is 1.77. The molecule has 0 saturated carbocycles. The summed E-state index contributed by atoms with van der Waals surface area (Å²) in [6, 6.07) is -0.0286. The van der Waals surface area contributed by atoms with Crippen LogP contribution in [-0.2, 0) is 31.4 Å². The van der Waals surface area contributed by atoms with Crippen LogP contribution >= 0.6 is 0 Å². The summed E-state index contributed by atoms with van der Waals surface area (Å²) in [5, 5.41) is 2.72. The maximum Gasteiger partial charge on any atom is 0.243 e. The highest BCUT2D eigenvalue weighted by Crippen LogP contribution is 2.21. The molecule has 0 spiro atoms. The highest BCUT2D eigenvalue weighted by atomic mass is 32.2. The van der Waals surface area contributed by atoms with Crippen molar-refractivity contribution in [3.63, 3.8) is 0 Å². The number of rotatable bonds is 8. The molecule has 11 heteroatoms. The Morgan fingerprint density at radius 2 is 1.52 bits per heavy atom. The molecule has 0 aliphatic heterocycles. The minimum atomic E-state index is -3.99. The lowest BCUT2D eigenvalue weighted by Crippen LogP contribution is -2.34. The first-order chi connectivity index (χ1) is 10.6. The van der Waals surface area contributed by atoms with Crippen LogP contribution in [0.3, 0.4) is 0 Å². The molecule has 23 heavy (non-hydrogen) atoms. The molecule has 1 aromatic rings. The molecular weight excluding hydrogens is 344 g/mol. The Labute approximate surface area is 136 Å². The van der Waals surface area contributed by atoms with E-state index in [2.05, 4.69) is 14.8 Å². The molecule has 0 aliphatic carbocycles. The van der Waals surface area contributed by atoms with Crippen molar-refractivity contribution in [3.05, 3.63) is 12.4 Å². The van der Waals surface area contributed by atoms with Crippen LogP contribution in [0.1, 0.15) is 20.3 Å². The molecule has 0 fully saturated rings. The number of hydrogen-bond donors (Lipinski definition) is 3. The van der Waals surface area contributed by atoms with E-state index in [1.165, 1.54) is 18.7 Å². The van der Waals surface area contributed by atoms with Crippen LogP contribution in [0.5, 0.6) is 0 Å². The van der Waals surface area contributed by atoms with Gasteiger partial charge in [-0.2, -0.15) is 0 Å². The van der Waals surface area contributed by atoms with Crippen molar-refractivity contribution < 1.29 is 21.6 Å². The summed E-state index contributed by atoms with van der Waals surface area (Å²) in [7, 11) is -5.62. The summed E-state index contributed by atoms with van der Waals surface area (Å²) in [6.07, 6.45) is 2.98. The summed E-state index contributed by atoms with van der Waals surface area (Å²) in [5.74, 6) is -0.337. The number of aromatic nitrogens is 1. The summed E-state index contributed by atoms with van der Waals surface area (Å²) >= 11 is 0. The molecule has 1 rings (SSSR count). The first-order valence-corrected chi connectivity index (χ1v) is 9.90. The molecule has 1 atom stereocenters. The number of carbonyl (C=O) groups excluding carboxylic acids is 1. The van der Waals surface area contributed by atoms with Gasteiger partial charge in [-0.1, -0.05) is 6.92 Å². The first kappa shape index (κ1) is 19.6. The lowest BCUT2D eigenvalue weighted by Gasteiger charge is -2.11. The summed E-state index contributed by atoms with van der Waals surface area (Å²) in [6.45, 7) is 3.56. The van der Waals surface area contributed by atoms with Crippen molar-refractivity contribution in [1.82, 2.24) is 19.3 Å². The van der Waals surface area contributed by atoms with Gasteiger partial charge in [0.05, 0.1) is 0 Å². The van der Waals surface area contributed by atoms with Crippen LogP contribution in [0.2, 0.25) is 0 Å². The van der Waals surface area contributed by atoms with Gasteiger partial charge in [-0.15, -0.1) is 0 Å². The third-order valence-electron chi connectivity index (χ3n) is 3.27. The van der Waals surface area contributed by atoms with E-state index < -0.39 is 29.8 Å². The van der Waals surface area contributed by atoms with Crippen LogP contribution in [0.15, 0.2) is 22.2 Å². The fourth-order valence-corrected chi connectivity index (χ4v) is 4.05. The Bertz CT molecular complexity index is 716. The molecule has 0 bridgehead atoms. The van der Waals surface area contributed by atoms with E-state index in [9.17, 15) is 21.6 Å². The molecule has 0 aromatic carbocycles. The normalized spacial score (nSPS) is 13.7. The van der Waals surface area contributed by atoms with E-state index >= 15 is 0 Å². The average molecular weight is 366 g/mol. The standard InChI is InChI=1S/C12H22N4O5S2/c1-5-9(2)15-12(17)8-16-6-10(22(18,19)13-3)11(7-16)23(20,21)14-4/h6-7,9,13-14H,5,8H2,1-4H3,(H,15,17)/t9-/m1/s1. The Morgan fingerprint density at radius 1 is 1.09 bits per heavy atom. The van der Waals surface area contributed by atoms with Crippen LogP contribution in [0.25, 0.3) is 0 Å². The predicted octanol–water partition coefficient (Wildman–Crippen LogP) is -0.781. The number of nitrogens with one attached hydrogen (secondary N) is 3. The second-order valence-electron chi connectivity index (χ2n) is 4.95. The number of carbonyl (C=O) groups is 1. The predicted molar refractivity (Wildman–Crippen MR) is 84.8 cm³/mol. The number of nitrogens with zero attached hydrogens (tertiary/aromatic N) is 1. The number of amides is 1. The molecular formula is C12H22N4O5S2. The Kier molecular flexibility index (Phi) is 6.33. The van der Waals surface area contributed by atoms with E-state index in [-0.39, 0.29) is 18.5 Å². The second kappa shape index (κ2) is 7.43. The highest BCUT2D eigenvalue weighted by Gasteiger charge is 2.27. The van der Waals surface area contributed by atoms with Gasteiger partial charge >= 0.3 is 0 Å². The van der Waals surface area contributed by atoms with Crippen molar-refractivity contribution in [3.8, 4) is 0 Å². The molecule has 1 aromatic heterocycles. The number of hydrogen-bond acceptors (Lipinski definition) is 5. The maximum absolute atomic E-state index is 12.0. The van der Waals surface area contributed by atoms with Gasteiger partial charge < -0.3 is 9.88 Å². The molecule has 9 nitrogen and oxygen atoms in total. The summed E-state index contributed by atoms with van der Waals surface area (Å²) in [4.78, 5) is 11.1. The molecule has 1 amide bonds. The van der Waals surface area contributed by atoms with Crippen molar-refractivity contribution in [1.29, 1.82) is 0 Å². The van der Waals surface area contributed by atoms with Crippen LogP contribution < -0.4 is 14.8 Å². The Morgan fingerprint density at radius 3 is 1.87 bits per heavy atom. The number of sulfonamides is 2. The monoisotopic (exact) mass is 366 g/mol. The van der Waals surface area contributed by atoms with Crippen LogP contribution in [0, 0.1) is 0 Å². The Hall–Kier alpha value is -1.43. The van der Waals surface area contributed by atoms with Crippen molar-refractivity contribution >= 4 is 26.0 Å². The zero-order valence-corrected chi connectivity index (χ0v) is 15.1. The van der Waals surface area contributed by atoms with Gasteiger partial charge in [0.1, 0.15) is 16.3 Å².